The molecule has 0 spiro atoms. The molecule has 0 bridgehead atoms. The van der Waals surface area contributed by atoms with Crippen molar-refractivity contribution in [1.82, 2.24) is 0 Å². The minimum Gasteiger partial charge on any atom is -0.384 e. The van der Waals surface area contributed by atoms with E-state index in [1.165, 1.54) is 18.2 Å². The molecule has 0 saturated heterocycles. The molecule has 0 aliphatic rings. The van der Waals surface area contributed by atoms with Gasteiger partial charge in [-0.15, -0.1) is 0 Å². The zero-order valence-electron chi connectivity index (χ0n) is 6.90. The number of rotatable bonds is 3. The van der Waals surface area contributed by atoms with Crippen LogP contribution in [0, 0.1) is 5.82 Å². The minimum absolute atomic E-state index is 0.137. The summed E-state index contributed by atoms with van der Waals surface area (Å²) in [6.45, 7) is -0.157. The second-order valence-electron chi connectivity index (χ2n) is 2.63. The van der Waals surface area contributed by atoms with Gasteiger partial charge in [0, 0.05) is 12.1 Å². The van der Waals surface area contributed by atoms with Crippen molar-refractivity contribution in [1.29, 1.82) is 0 Å². The maximum atomic E-state index is 12.6. The first-order valence-electron chi connectivity index (χ1n) is 3.83. The van der Waals surface area contributed by atoms with Gasteiger partial charge in [0.05, 0.1) is 0 Å². The molecule has 1 unspecified atom stereocenters. The Morgan fingerprint density at radius 1 is 1.62 bits per heavy atom. The summed E-state index contributed by atoms with van der Waals surface area (Å²) in [7, 11) is 0. The summed E-state index contributed by atoms with van der Waals surface area (Å²) >= 11 is 0. The van der Waals surface area contributed by atoms with Crippen molar-refractivity contribution in [3.8, 4) is 0 Å². The van der Waals surface area contributed by atoms with E-state index >= 15 is 0 Å². The van der Waals surface area contributed by atoms with E-state index in [9.17, 15) is 9.18 Å². The van der Waals surface area contributed by atoms with Gasteiger partial charge in [0.25, 0.3) is 0 Å². The van der Waals surface area contributed by atoms with E-state index in [-0.39, 0.29) is 12.1 Å². The van der Waals surface area contributed by atoms with Gasteiger partial charge in [0.15, 0.2) is 5.78 Å². The van der Waals surface area contributed by atoms with Gasteiger partial charge in [-0.05, 0) is 12.1 Å². The molecule has 0 radical (unpaired) electrons. The number of Topliss-reactive ketones (excluding diaryl/α,β-unsaturated/α-hetero) is 1. The Morgan fingerprint density at radius 3 is 2.85 bits per heavy atom. The van der Waals surface area contributed by atoms with Gasteiger partial charge < -0.3 is 10.8 Å². The van der Waals surface area contributed by atoms with Crippen LogP contribution in [0.15, 0.2) is 24.3 Å². The highest BCUT2D eigenvalue weighted by Gasteiger charge is 2.15. The molecule has 3 N–H and O–H groups in total. The zero-order valence-corrected chi connectivity index (χ0v) is 6.90. The van der Waals surface area contributed by atoms with E-state index in [1.807, 2.05) is 0 Å². The normalized spacial score (nSPS) is 12.5. The number of hydrogen-bond donors (Lipinski definition) is 2. The van der Waals surface area contributed by atoms with E-state index < -0.39 is 17.7 Å². The van der Waals surface area contributed by atoms with Gasteiger partial charge >= 0.3 is 0 Å². The van der Waals surface area contributed by atoms with Crippen LogP contribution in [0.1, 0.15) is 10.4 Å². The Kier molecular flexibility index (Phi) is 3.11. The highest BCUT2D eigenvalue weighted by Crippen LogP contribution is 2.06. The average Bonchev–Trinajstić information content (AvgIpc) is 2.15. The van der Waals surface area contributed by atoms with Gasteiger partial charge in [0.1, 0.15) is 11.9 Å². The van der Waals surface area contributed by atoms with Crippen molar-refractivity contribution in [2.45, 2.75) is 6.10 Å². The molecular weight excluding hydrogens is 173 g/mol. The Morgan fingerprint density at radius 2 is 2.31 bits per heavy atom. The van der Waals surface area contributed by atoms with E-state index in [1.54, 1.807) is 0 Å². The molecule has 0 amide bonds. The second-order valence-corrected chi connectivity index (χ2v) is 2.63. The number of benzene rings is 1. The largest absolute Gasteiger partial charge is 0.384 e. The summed E-state index contributed by atoms with van der Waals surface area (Å²) < 4.78 is 12.6. The fourth-order valence-corrected chi connectivity index (χ4v) is 0.941. The lowest BCUT2D eigenvalue weighted by atomic mass is 10.1. The molecule has 0 heterocycles. The van der Waals surface area contributed by atoms with Gasteiger partial charge in [-0.1, -0.05) is 12.1 Å². The maximum Gasteiger partial charge on any atom is 0.192 e. The second kappa shape index (κ2) is 4.11. The number of carbonyl (C=O) groups is 1. The van der Waals surface area contributed by atoms with Crippen LogP contribution in [0.4, 0.5) is 4.39 Å². The lowest BCUT2D eigenvalue weighted by molar-refractivity contribution is 0.0762. The van der Waals surface area contributed by atoms with Crippen LogP contribution in [0.25, 0.3) is 0 Å². The molecule has 1 atom stereocenters. The lowest BCUT2D eigenvalue weighted by Crippen LogP contribution is -2.29. The highest BCUT2D eigenvalue weighted by molar-refractivity contribution is 5.99. The summed E-state index contributed by atoms with van der Waals surface area (Å²) in [5, 5.41) is 9.07. The predicted molar refractivity (Wildman–Crippen MR) is 45.8 cm³/mol. The molecule has 4 heteroatoms. The van der Waals surface area contributed by atoms with E-state index in [2.05, 4.69) is 0 Å². The Labute approximate surface area is 75.0 Å². The van der Waals surface area contributed by atoms with Crippen LogP contribution in [0.2, 0.25) is 0 Å². The first kappa shape index (κ1) is 9.83. The Bertz CT molecular complexity index is 314. The summed E-state index contributed by atoms with van der Waals surface area (Å²) in [4.78, 5) is 11.2. The molecule has 0 aliphatic heterocycles. The third-order valence-electron chi connectivity index (χ3n) is 1.64. The summed E-state index contributed by atoms with van der Waals surface area (Å²) in [5.74, 6) is -1.06. The van der Waals surface area contributed by atoms with Crippen molar-refractivity contribution in [2.75, 3.05) is 6.54 Å². The Hall–Kier alpha value is -1.26. The molecule has 0 aliphatic carbocycles. The number of hydrogen-bond acceptors (Lipinski definition) is 3. The molecule has 13 heavy (non-hydrogen) atoms. The summed E-state index contributed by atoms with van der Waals surface area (Å²) in [6, 6.07) is 5.14. The monoisotopic (exact) mass is 183 g/mol. The predicted octanol–water partition coefficient (Wildman–Crippen LogP) is 0.328. The number of aliphatic hydroxyl groups excluding tert-OH is 1. The third-order valence-corrected chi connectivity index (χ3v) is 1.64. The molecule has 0 fully saturated rings. The van der Waals surface area contributed by atoms with Crippen LogP contribution in [0.5, 0.6) is 0 Å². The van der Waals surface area contributed by atoms with Crippen LogP contribution in [0.3, 0.4) is 0 Å². The quantitative estimate of drug-likeness (QED) is 0.664. The fourth-order valence-electron chi connectivity index (χ4n) is 0.941. The fraction of sp³-hybridized carbons (Fsp3) is 0.222. The molecular formula is C9H10FNO2. The van der Waals surface area contributed by atoms with Gasteiger partial charge in [-0.25, -0.2) is 4.39 Å². The van der Waals surface area contributed by atoms with E-state index in [0.717, 1.165) is 6.07 Å². The summed E-state index contributed by atoms with van der Waals surface area (Å²) in [5.41, 5.74) is 5.22. The van der Waals surface area contributed by atoms with Crippen molar-refractivity contribution in [2.24, 2.45) is 5.73 Å². The molecule has 1 rings (SSSR count). The van der Waals surface area contributed by atoms with Crippen LogP contribution in [-0.4, -0.2) is 23.5 Å². The number of aliphatic hydroxyl groups is 1. The number of ketones is 1. The minimum atomic E-state index is -1.25. The van der Waals surface area contributed by atoms with Crippen molar-refractivity contribution in [3.05, 3.63) is 35.6 Å². The standard InChI is InChI=1S/C9H10FNO2/c10-7-3-1-2-6(4-7)9(13)8(12)5-11/h1-4,8,12H,5,11H2. The van der Waals surface area contributed by atoms with E-state index in [0.29, 0.717) is 0 Å². The number of nitrogens with two attached hydrogens (primary N) is 1. The summed E-state index contributed by atoms with van der Waals surface area (Å²) in [6.07, 6.45) is -1.25. The van der Waals surface area contributed by atoms with Crippen molar-refractivity contribution >= 4 is 5.78 Å². The van der Waals surface area contributed by atoms with Crippen molar-refractivity contribution in [3.63, 3.8) is 0 Å². The SMILES string of the molecule is NCC(O)C(=O)c1cccc(F)c1. The molecule has 0 saturated carbocycles. The maximum absolute atomic E-state index is 12.6. The topological polar surface area (TPSA) is 63.3 Å². The Balaban J connectivity index is 2.89. The average molecular weight is 183 g/mol. The van der Waals surface area contributed by atoms with E-state index in [4.69, 9.17) is 10.8 Å². The number of halogens is 1. The molecule has 3 nitrogen and oxygen atoms in total. The lowest BCUT2D eigenvalue weighted by Gasteiger charge is -2.05. The number of carbonyl (C=O) groups excluding carboxylic acids is 1. The highest BCUT2D eigenvalue weighted by atomic mass is 19.1. The van der Waals surface area contributed by atoms with Crippen LogP contribution in [-0.2, 0) is 0 Å². The van der Waals surface area contributed by atoms with Gasteiger partial charge in [-0.3, -0.25) is 4.79 Å². The molecule has 1 aromatic carbocycles. The third kappa shape index (κ3) is 2.34. The zero-order chi connectivity index (χ0) is 9.84. The first-order chi connectivity index (χ1) is 6.15. The van der Waals surface area contributed by atoms with Crippen molar-refractivity contribution < 1.29 is 14.3 Å². The molecule has 1 aromatic rings. The van der Waals surface area contributed by atoms with Crippen LogP contribution < -0.4 is 5.73 Å². The van der Waals surface area contributed by atoms with Gasteiger partial charge in [-0.2, -0.15) is 0 Å². The van der Waals surface area contributed by atoms with Crippen LogP contribution >= 0.6 is 0 Å². The molecule has 0 aromatic heterocycles. The van der Waals surface area contributed by atoms with Gasteiger partial charge in [0.2, 0.25) is 0 Å². The first-order valence-corrected chi connectivity index (χ1v) is 3.83. The molecule has 70 valence electrons. The smallest absolute Gasteiger partial charge is 0.192 e.